The number of ether oxygens (including phenoxy) is 1. The number of nitrogens with zero attached hydrogens (tertiary/aromatic N) is 6. The quantitative estimate of drug-likeness (QED) is 0.494. The van der Waals surface area contributed by atoms with E-state index in [1.54, 1.807) is 12.3 Å². The predicted octanol–water partition coefficient (Wildman–Crippen LogP) is 2.19. The molecule has 4 aromatic heterocycles. The summed E-state index contributed by atoms with van der Waals surface area (Å²) in [6.07, 6.45) is 8.81. The molecule has 0 saturated carbocycles. The number of carbonyl (C=O) groups excluding carboxylic acids is 1. The summed E-state index contributed by atoms with van der Waals surface area (Å²) in [5.41, 5.74) is 2.91. The van der Waals surface area contributed by atoms with Crippen LogP contribution in [0.15, 0.2) is 43.0 Å². The Kier molecular flexibility index (Phi) is 5.10. The van der Waals surface area contributed by atoms with Crippen LogP contribution in [0.1, 0.15) is 41.5 Å². The topological polar surface area (TPSA) is 99.2 Å². The summed E-state index contributed by atoms with van der Waals surface area (Å²) >= 11 is 0. The Labute approximate surface area is 173 Å². The van der Waals surface area contributed by atoms with Gasteiger partial charge in [0.1, 0.15) is 11.3 Å². The molecule has 1 aliphatic heterocycles. The van der Waals surface area contributed by atoms with Crippen LogP contribution in [0.5, 0.6) is 0 Å². The highest BCUT2D eigenvalue weighted by atomic mass is 16.5. The molecule has 5 rings (SSSR count). The van der Waals surface area contributed by atoms with Crippen molar-refractivity contribution in [2.45, 2.75) is 31.7 Å². The zero-order valence-corrected chi connectivity index (χ0v) is 16.6. The van der Waals surface area contributed by atoms with Crippen LogP contribution in [0.3, 0.4) is 0 Å². The lowest BCUT2D eigenvalue weighted by Crippen LogP contribution is -2.25. The van der Waals surface area contributed by atoms with Gasteiger partial charge < -0.3 is 14.6 Å². The van der Waals surface area contributed by atoms with E-state index in [1.165, 1.54) is 0 Å². The lowest BCUT2D eigenvalue weighted by atomic mass is 10.1. The molecule has 0 atom stereocenters. The van der Waals surface area contributed by atoms with Gasteiger partial charge in [-0.3, -0.25) is 9.20 Å². The van der Waals surface area contributed by atoms with Crippen LogP contribution in [-0.2, 0) is 11.2 Å². The second kappa shape index (κ2) is 8.19. The first-order valence-electron chi connectivity index (χ1n) is 10.3. The van der Waals surface area contributed by atoms with Crippen LogP contribution < -0.4 is 5.32 Å². The fourth-order valence-electron chi connectivity index (χ4n) is 3.89. The molecular weight excluding hydrogens is 382 g/mol. The third kappa shape index (κ3) is 3.63. The highest BCUT2D eigenvalue weighted by Gasteiger charge is 2.19. The monoisotopic (exact) mass is 405 g/mol. The fraction of sp³-hybridized carbons (Fsp3) is 0.381. The highest BCUT2D eigenvalue weighted by Crippen LogP contribution is 2.24. The SMILES string of the molecule is O=C(NCCCc1nnc2ccccn12)c1cnc2c(c1)ncn2C1CCOCC1. The van der Waals surface area contributed by atoms with E-state index in [9.17, 15) is 4.79 Å². The maximum atomic E-state index is 12.5. The largest absolute Gasteiger partial charge is 0.381 e. The summed E-state index contributed by atoms with van der Waals surface area (Å²) in [6.45, 7) is 2.07. The van der Waals surface area contributed by atoms with Gasteiger partial charge in [-0.05, 0) is 37.5 Å². The first kappa shape index (κ1) is 18.7. The summed E-state index contributed by atoms with van der Waals surface area (Å²) in [4.78, 5) is 21.5. The minimum absolute atomic E-state index is 0.142. The average Bonchev–Trinajstić information content (AvgIpc) is 3.41. The molecule has 9 nitrogen and oxygen atoms in total. The van der Waals surface area contributed by atoms with Gasteiger partial charge in [0.2, 0.25) is 0 Å². The number of rotatable bonds is 6. The fourth-order valence-corrected chi connectivity index (χ4v) is 3.89. The molecule has 154 valence electrons. The van der Waals surface area contributed by atoms with Gasteiger partial charge in [-0.15, -0.1) is 10.2 Å². The van der Waals surface area contributed by atoms with Gasteiger partial charge in [0, 0.05) is 44.6 Å². The Morgan fingerprint density at radius 3 is 3.00 bits per heavy atom. The van der Waals surface area contributed by atoms with Crippen LogP contribution in [0.4, 0.5) is 0 Å². The molecule has 1 amide bonds. The lowest BCUT2D eigenvalue weighted by Gasteiger charge is -2.23. The molecule has 1 saturated heterocycles. The van der Waals surface area contributed by atoms with Crippen molar-refractivity contribution >= 4 is 22.7 Å². The molecule has 5 heterocycles. The Bertz CT molecular complexity index is 1180. The second-order valence-electron chi connectivity index (χ2n) is 7.47. The number of imidazole rings is 1. The van der Waals surface area contributed by atoms with Crippen molar-refractivity contribution in [3.63, 3.8) is 0 Å². The molecule has 0 spiro atoms. The molecule has 30 heavy (non-hydrogen) atoms. The van der Waals surface area contributed by atoms with Crippen LogP contribution in [0, 0.1) is 0 Å². The third-order valence-corrected chi connectivity index (χ3v) is 5.51. The number of nitrogens with one attached hydrogen (secondary N) is 1. The standard InChI is InChI=1S/C21H23N7O2/c29-21(22-8-3-5-19-26-25-18-4-1-2-9-27(18)19)15-12-17-20(23-13-15)28(14-24-17)16-6-10-30-11-7-16/h1-2,4,9,12-14,16H,3,5-8,10-11H2,(H,22,29). The maximum absolute atomic E-state index is 12.5. The van der Waals surface area contributed by atoms with Crippen molar-refractivity contribution in [1.29, 1.82) is 0 Å². The lowest BCUT2D eigenvalue weighted by molar-refractivity contribution is 0.0704. The Balaban J connectivity index is 1.19. The number of hydrogen-bond acceptors (Lipinski definition) is 6. The van der Waals surface area contributed by atoms with Gasteiger partial charge in [-0.2, -0.15) is 0 Å². The summed E-state index contributed by atoms with van der Waals surface area (Å²) in [6, 6.07) is 7.97. The summed E-state index contributed by atoms with van der Waals surface area (Å²) in [7, 11) is 0. The second-order valence-corrected chi connectivity index (χ2v) is 7.47. The minimum atomic E-state index is -0.142. The molecule has 1 fully saturated rings. The zero-order chi connectivity index (χ0) is 20.3. The van der Waals surface area contributed by atoms with Gasteiger partial charge in [-0.1, -0.05) is 6.07 Å². The van der Waals surface area contributed by atoms with Gasteiger partial charge >= 0.3 is 0 Å². The minimum Gasteiger partial charge on any atom is -0.381 e. The van der Waals surface area contributed by atoms with Crippen molar-refractivity contribution in [3.05, 3.63) is 54.4 Å². The van der Waals surface area contributed by atoms with E-state index >= 15 is 0 Å². The van der Waals surface area contributed by atoms with Gasteiger partial charge in [0.25, 0.3) is 5.91 Å². The van der Waals surface area contributed by atoms with Gasteiger partial charge in [0.05, 0.1) is 11.9 Å². The molecule has 0 aliphatic carbocycles. The van der Waals surface area contributed by atoms with E-state index in [0.29, 0.717) is 18.2 Å². The van der Waals surface area contributed by atoms with Gasteiger partial charge in [0.15, 0.2) is 11.3 Å². The molecule has 4 aromatic rings. The van der Waals surface area contributed by atoms with Crippen LogP contribution in [0.2, 0.25) is 0 Å². The summed E-state index contributed by atoms with van der Waals surface area (Å²) in [5.74, 6) is 0.748. The average molecular weight is 405 g/mol. The summed E-state index contributed by atoms with van der Waals surface area (Å²) < 4.78 is 9.50. The molecule has 0 bridgehead atoms. The molecule has 1 aliphatic rings. The molecular formula is C21H23N7O2. The Morgan fingerprint density at radius 1 is 1.20 bits per heavy atom. The first-order valence-corrected chi connectivity index (χ1v) is 10.3. The van der Waals surface area contributed by atoms with Crippen molar-refractivity contribution < 1.29 is 9.53 Å². The van der Waals surface area contributed by atoms with E-state index in [2.05, 4.69) is 30.0 Å². The summed E-state index contributed by atoms with van der Waals surface area (Å²) in [5, 5.41) is 11.3. The van der Waals surface area contributed by atoms with E-state index in [1.807, 2.05) is 35.1 Å². The van der Waals surface area contributed by atoms with Crippen LogP contribution >= 0.6 is 0 Å². The Hall–Kier alpha value is -3.33. The third-order valence-electron chi connectivity index (χ3n) is 5.51. The van der Waals surface area contributed by atoms with Crippen molar-refractivity contribution in [3.8, 4) is 0 Å². The van der Waals surface area contributed by atoms with Crippen molar-refractivity contribution in [1.82, 2.24) is 34.4 Å². The van der Waals surface area contributed by atoms with Crippen molar-refractivity contribution in [2.75, 3.05) is 19.8 Å². The first-order chi connectivity index (χ1) is 14.8. The highest BCUT2D eigenvalue weighted by molar-refractivity contribution is 5.96. The molecule has 0 unspecified atom stereocenters. The van der Waals surface area contributed by atoms with Gasteiger partial charge in [-0.25, -0.2) is 9.97 Å². The predicted molar refractivity (Wildman–Crippen MR) is 110 cm³/mol. The van der Waals surface area contributed by atoms with Crippen LogP contribution in [0.25, 0.3) is 16.8 Å². The smallest absolute Gasteiger partial charge is 0.252 e. The van der Waals surface area contributed by atoms with E-state index < -0.39 is 0 Å². The maximum Gasteiger partial charge on any atom is 0.252 e. The normalized spacial score (nSPS) is 15.1. The number of aryl methyl sites for hydroxylation is 1. The number of fused-ring (bicyclic) bond motifs is 2. The number of carbonyl (C=O) groups is 1. The van der Waals surface area contributed by atoms with E-state index in [4.69, 9.17) is 4.74 Å². The molecule has 0 aromatic carbocycles. The zero-order valence-electron chi connectivity index (χ0n) is 16.6. The molecule has 9 heteroatoms. The van der Waals surface area contributed by atoms with E-state index in [-0.39, 0.29) is 5.91 Å². The number of amides is 1. The Morgan fingerprint density at radius 2 is 2.10 bits per heavy atom. The number of aromatic nitrogens is 6. The van der Waals surface area contributed by atoms with Crippen molar-refractivity contribution in [2.24, 2.45) is 0 Å². The molecule has 0 radical (unpaired) electrons. The number of pyridine rings is 2. The van der Waals surface area contributed by atoms with Crippen LogP contribution in [-0.4, -0.2) is 54.8 Å². The molecule has 1 N–H and O–H groups in total. The van der Waals surface area contributed by atoms with E-state index in [0.717, 1.165) is 61.5 Å². The number of hydrogen-bond donors (Lipinski definition) is 1.